The minimum Gasteiger partial charge on any atom is -0.504 e. The van der Waals surface area contributed by atoms with Crippen LogP contribution in [0.1, 0.15) is 17.2 Å². The van der Waals surface area contributed by atoms with Crippen molar-refractivity contribution in [1.82, 2.24) is 5.32 Å². The summed E-state index contributed by atoms with van der Waals surface area (Å²) in [4.78, 5) is 11.8. The molecule has 0 saturated heterocycles. The van der Waals surface area contributed by atoms with E-state index in [2.05, 4.69) is 5.32 Å². The van der Waals surface area contributed by atoms with Crippen molar-refractivity contribution in [1.29, 1.82) is 0 Å². The highest BCUT2D eigenvalue weighted by Crippen LogP contribution is 2.27. The standard InChI is InChI=1S/C18H19NO5/c1-24-14-6-2-12(3-7-14)4-9-18(23)19-11-17(22)13-5-8-15(20)16(21)10-13/h2-10,17,20-22H,11H2,1H3,(H,19,23). The number of methoxy groups -OCH3 is 1. The molecule has 0 spiro atoms. The molecule has 0 aliphatic carbocycles. The summed E-state index contributed by atoms with van der Waals surface area (Å²) < 4.78 is 5.05. The zero-order chi connectivity index (χ0) is 17.5. The van der Waals surface area contributed by atoms with Gasteiger partial charge in [0.25, 0.3) is 0 Å². The number of ether oxygens (including phenoxy) is 1. The average Bonchev–Trinajstić information content (AvgIpc) is 2.60. The fraction of sp³-hybridized carbons (Fsp3) is 0.167. The molecule has 0 saturated carbocycles. The van der Waals surface area contributed by atoms with Crippen LogP contribution in [0.4, 0.5) is 0 Å². The van der Waals surface area contributed by atoms with Crippen molar-refractivity contribution >= 4 is 12.0 Å². The van der Waals surface area contributed by atoms with Gasteiger partial charge in [-0.3, -0.25) is 4.79 Å². The summed E-state index contributed by atoms with van der Waals surface area (Å²) in [6, 6.07) is 11.2. The molecule has 0 fully saturated rings. The zero-order valence-electron chi connectivity index (χ0n) is 13.1. The summed E-state index contributed by atoms with van der Waals surface area (Å²) >= 11 is 0. The molecular weight excluding hydrogens is 310 g/mol. The van der Waals surface area contributed by atoms with Gasteiger partial charge >= 0.3 is 0 Å². The molecule has 1 atom stereocenters. The highest BCUT2D eigenvalue weighted by atomic mass is 16.5. The maximum absolute atomic E-state index is 11.8. The molecular formula is C18H19NO5. The van der Waals surface area contributed by atoms with E-state index in [0.717, 1.165) is 11.3 Å². The largest absolute Gasteiger partial charge is 0.504 e. The Hall–Kier alpha value is -2.99. The lowest BCUT2D eigenvalue weighted by Gasteiger charge is -2.12. The number of aliphatic hydroxyl groups excluding tert-OH is 1. The molecule has 0 radical (unpaired) electrons. The van der Waals surface area contributed by atoms with Crippen LogP contribution in [0, 0.1) is 0 Å². The number of phenolic OH excluding ortho intramolecular Hbond substituents is 2. The minimum atomic E-state index is -0.991. The number of carbonyl (C=O) groups is 1. The third-order valence-electron chi connectivity index (χ3n) is 3.40. The van der Waals surface area contributed by atoms with Crippen LogP contribution in [0.5, 0.6) is 17.2 Å². The van der Waals surface area contributed by atoms with Crippen LogP contribution in [0.3, 0.4) is 0 Å². The topological polar surface area (TPSA) is 99.0 Å². The Morgan fingerprint density at radius 3 is 2.50 bits per heavy atom. The van der Waals surface area contributed by atoms with Crippen LogP contribution < -0.4 is 10.1 Å². The Morgan fingerprint density at radius 1 is 1.17 bits per heavy atom. The molecule has 0 bridgehead atoms. The number of phenols is 2. The van der Waals surface area contributed by atoms with E-state index in [9.17, 15) is 20.1 Å². The second kappa shape index (κ2) is 8.03. The highest BCUT2D eigenvalue weighted by molar-refractivity contribution is 5.91. The molecule has 1 amide bonds. The fourth-order valence-electron chi connectivity index (χ4n) is 2.01. The van der Waals surface area contributed by atoms with Crippen molar-refractivity contribution in [2.24, 2.45) is 0 Å². The molecule has 4 N–H and O–H groups in total. The Balaban J connectivity index is 1.87. The molecule has 0 heterocycles. The van der Waals surface area contributed by atoms with Gasteiger partial charge in [0.05, 0.1) is 13.2 Å². The van der Waals surface area contributed by atoms with Gasteiger partial charge in [-0.1, -0.05) is 18.2 Å². The van der Waals surface area contributed by atoms with E-state index in [-0.39, 0.29) is 24.0 Å². The lowest BCUT2D eigenvalue weighted by molar-refractivity contribution is -0.116. The molecule has 6 nitrogen and oxygen atoms in total. The van der Waals surface area contributed by atoms with Crippen molar-refractivity contribution in [3.05, 3.63) is 59.7 Å². The number of amides is 1. The quantitative estimate of drug-likeness (QED) is 0.480. The Bertz CT molecular complexity index is 725. The highest BCUT2D eigenvalue weighted by Gasteiger charge is 2.10. The number of carbonyl (C=O) groups excluding carboxylic acids is 1. The molecule has 2 rings (SSSR count). The number of aromatic hydroxyl groups is 2. The van der Waals surface area contributed by atoms with Crippen LogP contribution in [-0.4, -0.2) is 34.9 Å². The van der Waals surface area contributed by atoms with Crippen molar-refractivity contribution in [3.8, 4) is 17.2 Å². The van der Waals surface area contributed by atoms with Gasteiger partial charge in [-0.05, 0) is 41.5 Å². The molecule has 24 heavy (non-hydrogen) atoms. The van der Waals surface area contributed by atoms with Crippen molar-refractivity contribution in [2.75, 3.05) is 13.7 Å². The molecule has 0 aliphatic rings. The van der Waals surface area contributed by atoms with Crippen LogP contribution in [0.25, 0.3) is 6.08 Å². The second-order valence-corrected chi connectivity index (χ2v) is 5.12. The van der Waals surface area contributed by atoms with E-state index in [1.54, 1.807) is 25.3 Å². The maximum Gasteiger partial charge on any atom is 0.244 e. The summed E-state index contributed by atoms with van der Waals surface area (Å²) in [6.07, 6.45) is 2.02. The SMILES string of the molecule is COc1ccc(C=CC(=O)NCC(O)c2ccc(O)c(O)c2)cc1. The number of aliphatic hydroxyl groups is 1. The zero-order valence-corrected chi connectivity index (χ0v) is 13.1. The van der Waals surface area contributed by atoms with Crippen molar-refractivity contribution in [3.63, 3.8) is 0 Å². The van der Waals surface area contributed by atoms with E-state index in [4.69, 9.17) is 4.74 Å². The van der Waals surface area contributed by atoms with Gasteiger partial charge in [0.2, 0.25) is 5.91 Å². The minimum absolute atomic E-state index is 0.0179. The van der Waals surface area contributed by atoms with Crippen LogP contribution in [0.2, 0.25) is 0 Å². The normalized spacial score (nSPS) is 12.1. The van der Waals surface area contributed by atoms with Crippen LogP contribution in [0.15, 0.2) is 48.5 Å². The van der Waals surface area contributed by atoms with Crippen molar-refractivity contribution in [2.45, 2.75) is 6.10 Å². The molecule has 126 valence electrons. The van der Waals surface area contributed by atoms with Gasteiger partial charge in [-0.2, -0.15) is 0 Å². The monoisotopic (exact) mass is 329 g/mol. The molecule has 1 unspecified atom stereocenters. The first-order valence-corrected chi connectivity index (χ1v) is 7.29. The number of nitrogens with one attached hydrogen (secondary N) is 1. The van der Waals surface area contributed by atoms with E-state index in [0.29, 0.717) is 5.56 Å². The molecule has 6 heteroatoms. The number of hydrogen-bond acceptors (Lipinski definition) is 5. The predicted octanol–water partition coefficient (Wildman–Crippen LogP) is 1.97. The first kappa shape index (κ1) is 17.4. The maximum atomic E-state index is 11.8. The van der Waals surface area contributed by atoms with E-state index in [1.807, 2.05) is 12.1 Å². The molecule has 2 aromatic rings. The van der Waals surface area contributed by atoms with E-state index >= 15 is 0 Å². The third-order valence-corrected chi connectivity index (χ3v) is 3.40. The summed E-state index contributed by atoms with van der Waals surface area (Å²) in [5.74, 6) is -0.209. The Kier molecular flexibility index (Phi) is 5.81. The summed E-state index contributed by atoms with van der Waals surface area (Å²) in [7, 11) is 1.58. The molecule has 2 aromatic carbocycles. The fourth-order valence-corrected chi connectivity index (χ4v) is 2.01. The lowest BCUT2D eigenvalue weighted by Crippen LogP contribution is -2.26. The van der Waals surface area contributed by atoms with Gasteiger partial charge < -0.3 is 25.4 Å². The molecule has 0 aromatic heterocycles. The Labute approximate surface area is 139 Å². The summed E-state index contributed by atoms with van der Waals surface area (Å²) in [6.45, 7) is -0.0179. The van der Waals surface area contributed by atoms with Crippen LogP contribution in [-0.2, 0) is 4.79 Å². The van der Waals surface area contributed by atoms with Crippen LogP contribution >= 0.6 is 0 Å². The van der Waals surface area contributed by atoms with Gasteiger partial charge in [-0.15, -0.1) is 0 Å². The number of rotatable bonds is 6. The first-order valence-electron chi connectivity index (χ1n) is 7.29. The van der Waals surface area contributed by atoms with Gasteiger partial charge in [-0.25, -0.2) is 0 Å². The Morgan fingerprint density at radius 2 is 1.88 bits per heavy atom. The predicted molar refractivity (Wildman–Crippen MR) is 89.8 cm³/mol. The van der Waals surface area contributed by atoms with E-state index in [1.165, 1.54) is 24.3 Å². The second-order valence-electron chi connectivity index (χ2n) is 5.12. The summed E-state index contributed by atoms with van der Waals surface area (Å²) in [5, 5.41) is 31.2. The van der Waals surface area contributed by atoms with Gasteiger partial charge in [0, 0.05) is 12.6 Å². The number of hydrogen-bond donors (Lipinski definition) is 4. The average molecular weight is 329 g/mol. The first-order chi connectivity index (χ1) is 11.5. The van der Waals surface area contributed by atoms with Crippen molar-refractivity contribution < 1.29 is 24.9 Å². The third kappa shape index (κ3) is 4.76. The smallest absolute Gasteiger partial charge is 0.244 e. The number of benzene rings is 2. The van der Waals surface area contributed by atoms with Gasteiger partial charge in [0.1, 0.15) is 5.75 Å². The lowest BCUT2D eigenvalue weighted by atomic mass is 10.1. The van der Waals surface area contributed by atoms with Gasteiger partial charge in [0.15, 0.2) is 11.5 Å². The van der Waals surface area contributed by atoms with E-state index < -0.39 is 6.10 Å². The summed E-state index contributed by atoms with van der Waals surface area (Å²) in [5.41, 5.74) is 1.24. The molecule has 0 aliphatic heterocycles.